The molecule has 1 aromatic carbocycles. The van der Waals surface area contributed by atoms with Crippen molar-refractivity contribution >= 4 is 5.91 Å². The van der Waals surface area contributed by atoms with Crippen LogP contribution in [0.1, 0.15) is 41.8 Å². The van der Waals surface area contributed by atoms with E-state index in [0.717, 1.165) is 6.07 Å². The zero-order valence-electron chi connectivity index (χ0n) is 14.3. The number of alkyl halides is 3. The Bertz CT molecular complexity index is 830. The number of rotatable bonds is 5. The highest BCUT2D eigenvalue weighted by Gasteiger charge is 2.31. The van der Waals surface area contributed by atoms with E-state index in [0.29, 0.717) is 11.4 Å². The molecular weight excluding hydrogens is 351 g/mol. The first-order valence-corrected chi connectivity index (χ1v) is 7.79. The molecule has 1 atom stereocenters. The molecule has 1 aromatic heterocycles. The first-order valence-electron chi connectivity index (χ1n) is 7.79. The number of hydrogen-bond acceptors (Lipinski definition) is 4. The van der Waals surface area contributed by atoms with Crippen molar-refractivity contribution in [2.24, 2.45) is 5.92 Å². The fourth-order valence-corrected chi connectivity index (χ4v) is 2.42. The Hall–Kier alpha value is -2.84. The van der Waals surface area contributed by atoms with Gasteiger partial charge in [0.1, 0.15) is 17.3 Å². The molecule has 0 aliphatic rings. The molecule has 0 fully saturated rings. The van der Waals surface area contributed by atoms with Gasteiger partial charge in [-0.3, -0.25) is 9.59 Å². The summed E-state index contributed by atoms with van der Waals surface area (Å²) in [5, 5.41) is 2.75. The number of benzene rings is 1. The quantitative estimate of drug-likeness (QED) is 0.848. The summed E-state index contributed by atoms with van der Waals surface area (Å²) in [5.74, 6) is -0.649. The van der Waals surface area contributed by atoms with Crippen molar-refractivity contribution in [2.75, 3.05) is 0 Å². The Morgan fingerprint density at radius 2 is 1.85 bits per heavy atom. The van der Waals surface area contributed by atoms with E-state index in [-0.39, 0.29) is 17.4 Å². The number of halogens is 3. The number of aromatic nitrogens is 2. The summed E-state index contributed by atoms with van der Waals surface area (Å²) in [6.07, 6.45) is -4.77. The number of nitrogens with zero attached hydrogens (tertiary/aromatic N) is 1. The number of H-pyrrole nitrogens is 1. The average molecular weight is 369 g/mol. The summed E-state index contributed by atoms with van der Waals surface area (Å²) in [4.78, 5) is 30.3. The zero-order valence-corrected chi connectivity index (χ0v) is 14.3. The summed E-state index contributed by atoms with van der Waals surface area (Å²) < 4.78 is 40.6. The standard InChI is InChI=1S/C17H18F3N3O3/c1-9(2)15(11-4-6-12(7-5-11)26-17(18,19)20)23-16(25)13-8-14(24)22-10(3)21-13/h4-9,15H,1-3H3,(H,23,25)(H,21,22,24)/t15-/m1/s1. The Kier molecular flexibility index (Phi) is 5.69. The van der Waals surface area contributed by atoms with Gasteiger partial charge in [0.15, 0.2) is 0 Å². The van der Waals surface area contributed by atoms with Gasteiger partial charge >= 0.3 is 6.36 Å². The van der Waals surface area contributed by atoms with E-state index >= 15 is 0 Å². The van der Waals surface area contributed by atoms with Crippen molar-refractivity contribution in [3.05, 3.63) is 57.8 Å². The summed E-state index contributed by atoms with van der Waals surface area (Å²) >= 11 is 0. The van der Waals surface area contributed by atoms with Gasteiger partial charge in [-0.05, 0) is 30.5 Å². The van der Waals surface area contributed by atoms with Crippen LogP contribution in [-0.4, -0.2) is 22.2 Å². The van der Waals surface area contributed by atoms with Crippen LogP contribution in [0.15, 0.2) is 35.1 Å². The monoisotopic (exact) mass is 369 g/mol. The van der Waals surface area contributed by atoms with E-state index in [9.17, 15) is 22.8 Å². The number of hydrogen-bond donors (Lipinski definition) is 2. The zero-order chi connectivity index (χ0) is 19.5. The smallest absolute Gasteiger partial charge is 0.406 e. The highest BCUT2D eigenvalue weighted by molar-refractivity contribution is 5.92. The summed E-state index contributed by atoms with van der Waals surface area (Å²) in [5.41, 5.74) is 0.121. The maximum absolute atomic E-state index is 12.4. The molecule has 2 aromatic rings. The minimum Gasteiger partial charge on any atom is -0.406 e. The fraction of sp³-hybridized carbons (Fsp3) is 0.353. The fourth-order valence-electron chi connectivity index (χ4n) is 2.42. The van der Waals surface area contributed by atoms with E-state index in [1.165, 1.54) is 24.3 Å². The number of aromatic amines is 1. The van der Waals surface area contributed by atoms with Crippen LogP contribution in [0.2, 0.25) is 0 Å². The third-order valence-corrected chi connectivity index (χ3v) is 3.52. The molecule has 2 rings (SSSR count). The van der Waals surface area contributed by atoms with Crippen LogP contribution in [0, 0.1) is 12.8 Å². The van der Waals surface area contributed by atoms with Crippen molar-refractivity contribution in [1.29, 1.82) is 0 Å². The largest absolute Gasteiger partial charge is 0.573 e. The predicted molar refractivity (Wildman–Crippen MR) is 87.8 cm³/mol. The maximum Gasteiger partial charge on any atom is 0.573 e. The summed E-state index contributed by atoms with van der Waals surface area (Å²) in [7, 11) is 0. The minimum absolute atomic E-state index is 0.0334. The number of amides is 1. The van der Waals surface area contributed by atoms with Crippen LogP contribution >= 0.6 is 0 Å². The van der Waals surface area contributed by atoms with Gasteiger partial charge in [0.25, 0.3) is 11.5 Å². The van der Waals surface area contributed by atoms with Gasteiger partial charge in [0.2, 0.25) is 0 Å². The van der Waals surface area contributed by atoms with Crippen molar-refractivity contribution < 1.29 is 22.7 Å². The second kappa shape index (κ2) is 7.59. The average Bonchev–Trinajstić information content (AvgIpc) is 2.50. The molecule has 140 valence electrons. The molecule has 1 heterocycles. The van der Waals surface area contributed by atoms with Crippen LogP contribution in [0.4, 0.5) is 13.2 Å². The Labute approximate surface area is 147 Å². The molecular formula is C17H18F3N3O3. The molecule has 1 amide bonds. The SMILES string of the molecule is Cc1nc(C(=O)N[C@@H](c2ccc(OC(F)(F)F)cc2)C(C)C)cc(=O)[nH]1. The van der Waals surface area contributed by atoms with Crippen molar-refractivity contribution in [1.82, 2.24) is 15.3 Å². The molecule has 0 aliphatic carbocycles. The number of carbonyl (C=O) groups excluding carboxylic acids is 1. The first-order chi connectivity index (χ1) is 12.0. The summed E-state index contributed by atoms with van der Waals surface area (Å²) in [6, 6.07) is 5.86. The second-order valence-electron chi connectivity index (χ2n) is 6.03. The van der Waals surface area contributed by atoms with Gasteiger partial charge in [0.05, 0.1) is 6.04 Å². The molecule has 6 nitrogen and oxygen atoms in total. The molecule has 0 saturated heterocycles. The van der Waals surface area contributed by atoms with Gasteiger partial charge in [-0.2, -0.15) is 0 Å². The molecule has 0 spiro atoms. The number of aryl methyl sites for hydroxylation is 1. The van der Waals surface area contributed by atoms with Crippen LogP contribution < -0.4 is 15.6 Å². The van der Waals surface area contributed by atoms with Gasteiger partial charge < -0.3 is 15.0 Å². The Balaban J connectivity index is 2.20. The topological polar surface area (TPSA) is 84.1 Å². The lowest BCUT2D eigenvalue weighted by Gasteiger charge is -2.23. The lowest BCUT2D eigenvalue weighted by atomic mass is 9.96. The number of nitrogens with one attached hydrogen (secondary N) is 2. The van der Waals surface area contributed by atoms with Gasteiger partial charge in [-0.25, -0.2) is 4.98 Å². The first kappa shape index (κ1) is 19.5. The Morgan fingerprint density at radius 3 is 2.35 bits per heavy atom. The number of carbonyl (C=O) groups is 1. The predicted octanol–water partition coefficient (Wildman–Crippen LogP) is 3.10. The summed E-state index contributed by atoms with van der Waals surface area (Å²) in [6.45, 7) is 5.25. The number of ether oxygens (including phenoxy) is 1. The third-order valence-electron chi connectivity index (χ3n) is 3.52. The molecule has 0 bridgehead atoms. The van der Waals surface area contributed by atoms with Crippen LogP contribution in [0.5, 0.6) is 5.75 Å². The third kappa shape index (κ3) is 5.33. The highest BCUT2D eigenvalue weighted by Crippen LogP contribution is 2.27. The minimum atomic E-state index is -4.77. The molecule has 0 unspecified atom stereocenters. The molecule has 26 heavy (non-hydrogen) atoms. The van der Waals surface area contributed by atoms with Crippen molar-refractivity contribution in [3.63, 3.8) is 0 Å². The molecule has 0 saturated carbocycles. The normalized spacial score (nSPS) is 12.7. The lowest BCUT2D eigenvalue weighted by Crippen LogP contribution is -2.33. The van der Waals surface area contributed by atoms with Crippen LogP contribution in [-0.2, 0) is 0 Å². The van der Waals surface area contributed by atoms with E-state index in [2.05, 4.69) is 20.0 Å². The van der Waals surface area contributed by atoms with E-state index in [1.807, 2.05) is 13.8 Å². The van der Waals surface area contributed by atoms with Crippen molar-refractivity contribution in [3.8, 4) is 5.75 Å². The molecule has 0 aliphatic heterocycles. The second-order valence-corrected chi connectivity index (χ2v) is 6.03. The Morgan fingerprint density at radius 1 is 1.23 bits per heavy atom. The van der Waals surface area contributed by atoms with Crippen LogP contribution in [0.25, 0.3) is 0 Å². The highest BCUT2D eigenvalue weighted by atomic mass is 19.4. The van der Waals surface area contributed by atoms with Gasteiger partial charge in [0, 0.05) is 6.07 Å². The van der Waals surface area contributed by atoms with Crippen molar-refractivity contribution in [2.45, 2.75) is 33.2 Å². The lowest BCUT2D eigenvalue weighted by molar-refractivity contribution is -0.274. The van der Waals surface area contributed by atoms with E-state index < -0.39 is 23.9 Å². The van der Waals surface area contributed by atoms with Gasteiger partial charge in [-0.15, -0.1) is 13.2 Å². The van der Waals surface area contributed by atoms with Crippen LogP contribution in [0.3, 0.4) is 0 Å². The van der Waals surface area contributed by atoms with E-state index in [4.69, 9.17) is 0 Å². The van der Waals surface area contributed by atoms with Gasteiger partial charge in [-0.1, -0.05) is 26.0 Å². The maximum atomic E-state index is 12.4. The molecule has 0 radical (unpaired) electrons. The molecule has 2 N–H and O–H groups in total. The molecule has 9 heteroatoms. The van der Waals surface area contributed by atoms with E-state index in [1.54, 1.807) is 6.92 Å².